The van der Waals surface area contributed by atoms with Crippen LogP contribution in [0.3, 0.4) is 0 Å². The minimum absolute atomic E-state index is 0.158. The van der Waals surface area contributed by atoms with E-state index in [4.69, 9.17) is 16.3 Å². The third-order valence-corrected chi connectivity index (χ3v) is 9.06. The first kappa shape index (κ1) is 32.0. The Labute approximate surface area is 272 Å². The van der Waals surface area contributed by atoms with Crippen molar-refractivity contribution in [2.45, 2.75) is 51.9 Å². The van der Waals surface area contributed by atoms with Gasteiger partial charge in [-0.2, -0.15) is 13.2 Å². The van der Waals surface area contributed by atoms with Crippen molar-refractivity contribution >= 4 is 34.9 Å². The second kappa shape index (κ2) is 12.7. The quantitative estimate of drug-likeness (QED) is 0.226. The lowest BCUT2D eigenvalue weighted by Gasteiger charge is -2.33. The number of pyridine rings is 2. The van der Waals surface area contributed by atoms with Gasteiger partial charge in [0, 0.05) is 47.3 Å². The molecule has 3 aromatic heterocycles. The zero-order valence-corrected chi connectivity index (χ0v) is 26.9. The number of carbonyl (C=O) groups excluding carboxylic acids is 1. The van der Waals surface area contributed by atoms with Gasteiger partial charge in [0.05, 0.1) is 34.8 Å². The third-order valence-electron chi connectivity index (χ3n) is 7.94. The zero-order valence-electron chi connectivity index (χ0n) is 25.3. The van der Waals surface area contributed by atoms with E-state index in [1.54, 1.807) is 35.7 Å². The van der Waals surface area contributed by atoms with Gasteiger partial charge in [0.15, 0.2) is 0 Å². The second-order valence-electron chi connectivity index (χ2n) is 11.6. The van der Waals surface area contributed by atoms with Crippen LogP contribution in [-0.2, 0) is 6.18 Å². The average Bonchev–Trinajstić information content (AvgIpc) is 3.63. The van der Waals surface area contributed by atoms with Crippen molar-refractivity contribution in [3.05, 3.63) is 85.9 Å². The van der Waals surface area contributed by atoms with Gasteiger partial charge in [-0.3, -0.25) is 19.1 Å². The van der Waals surface area contributed by atoms with E-state index in [1.807, 2.05) is 25.7 Å². The molecule has 0 unspecified atom stereocenters. The van der Waals surface area contributed by atoms with E-state index >= 15 is 0 Å². The molecule has 240 valence electrons. The molecule has 1 amide bonds. The molecule has 5 heterocycles. The van der Waals surface area contributed by atoms with Crippen molar-refractivity contribution < 1.29 is 22.7 Å². The predicted octanol–water partition coefficient (Wildman–Crippen LogP) is 7.09. The lowest BCUT2D eigenvalue weighted by molar-refractivity contribution is -0.141. The largest absolute Gasteiger partial charge is 0.492 e. The Morgan fingerprint density at radius 2 is 1.89 bits per heavy atom. The molecule has 2 saturated heterocycles. The van der Waals surface area contributed by atoms with Crippen molar-refractivity contribution in [2.75, 3.05) is 19.7 Å². The summed E-state index contributed by atoms with van der Waals surface area (Å²) in [5.41, 5.74) is 1.33. The molecule has 2 atom stereocenters. The highest BCUT2D eigenvalue weighted by Gasteiger charge is 2.36. The Hall–Kier alpha value is -4.00. The molecule has 2 aliphatic heterocycles. The summed E-state index contributed by atoms with van der Waals surface area (Å²) >= 11 is 7.60. The van der Waals surface area contributed by atoms with Crippen LogP contribution in [0.1, 0.15) is 55.4 Å². The highest BCUT2D eigenvalue weighted by molar-refractivity contribution is 7.13. The molecule has 0 saturated carbocycles. The number of amides is 1. The number of hydrogen-bond donors (Lipinski definition) is 1. The molecule has 2 aliphatic rings. The van der Waals surface area contributed by atoms with E-state index in [1.165, 1.54) is 10.6 Å². The van der Waals surface area contributed by atoms with Crippen LogP contribution in [0.4, 0.5) is 13.2 Å². The van der Waals surface area contributed by atoms with Gasteiger partial charge in [0.1, 0.15) is 16.5 Å². The lowest BCUT2D eigenvalue weighted by Crippen LogP contribution is -2.53. The topological polar surface area (TPSA) is 89.3 Å². The van der Waals surface area contributed by atoms with Crippen LogP contribution in [0.5, 0.6) is 5.75 Å². The zero-order chi connectivity index (χ0) is 32.7. The van der Waals surface area contributed by atoms with Gasteiger partial charge in [-0.05, 0) is 76.1 Å². The van der Waals surface area contributed by atoms with Gasteiger partial charge in [0.25, 0.3) is 11.5 Å². The first-order chi connectivity index (χ1) is 21.9. The number of nitrogens with one attached hydrogen (secondary N) is 1. The maximum atomic E-state index is 14.5. The smallest absolute Gasteiger partial charge is 0.433 e. The van der Waals surface area contributed by atoms with Gasteiger partial charge in [-0.15, -0.1) is 11.3 Å². The molecular weight excluding hydrogens is 639 g/mol. The Balaban J connectivity index is 1.56. The highest BCUT2D eigenvalue weighted by Crippen LogP contribution is 2.34. The average molecular weight is 670 g/mol. The minimum atomic E-state index is -4.57. The Morgan fingerprint density at radius 3 is 2.52 bits per heavy atom. The first-order valence-corrected chi connectivity index (χ1v) is 16.1. The molecule has 2 fully saturated rings. The van der Waals surface area contributed by atoms with Crippen LogP contribution >= 0.6 is 22.9 Å². The standard InChI is InChI=1S/C33H31ClF3N5O3S/c1-4-45-28-9-6-20(34)12-27(28)42-26(11-18(2)3)23(31(43)41-15-21-7-8-22(16-41)39-21)13-24(32(42)44)30-40-25(17-46-30)19-5-10-29(38-14-19)33(35,36)37/h5-6,9-14,17,21-22,39H,4,7-8,15-16H2,1-3H3/t21-,22+. The van der Waals surface area contributed by atoms with Crippen LogP contribution < -0.4 is 15.6 Å². The molecular formula is C33H31ClF3N5O3S. The van der Waals surface area contributed by atoms with Crippen molar-refractivity contribution in [1.82, 2.24) is 24.8 Å². The second-order valence-corrected chi connectivity index (χ2v) is 12.9. The number of fused-ring (bicyclic) bond motifs is 2. The predicted molar refractivity (Wildman–Crippen MR) is 173 cm³/mol. The summed E-state index contributed by atoms with van der Waals surface area (Å²) in [6.45, 7) is 7.01. The molecule has 4 aromatic rings. The summed E-state index contributed by atoms with van der Waals surface area (Å²) in [6.07, 6.45) is 0.304. The summed E-state index contributed by atoms with van der Waals surface area (Å²) in [5.74, 6) is 0.188. The van der Waals surface area contributed by atoms with Crippen LogP contribution in [0.25, 0.3) is 33.6 Å². The first-order valence-electron chi connectivity index (χ1n) is 14.9. The summed E-state index contributed by atoms with van der Waals surface area (Å²) in [4.78, 5) is 38.9. The molecule has 0 spiro atoms. The lowest BCUT2D eigenvalue weighted by atomic mass is 10.0. The van der Waals surface area contributed by atoms with Gasteiger partial charge in [0.2, 0.25) is 0 Å². The number of alkyl halides is 3. The number of thiazole rings is 1. The number of carbonyl (C=O) groups is 1. The third kappa shape index (κ3) is 6.33. The fourth-order valence-corrected chi connectivity index (χ4v) is 6.93. The van der Waals surface area contributed by atoms with Crippen molar-refractivity contribution in [3.8, 4) is 33.3 Å². The molecule has 0 aliphatic carbocycles. The molecule has 46 heavy (non-hydrogen) atoms. The van der Waals surface area contributed by atoms with Gasteiger partial charge in [-0.1, -0.05) is 17.2 Å². The molecule has 1 N–H and O–H groups in total. The molecule has 0 radical (unpaired) electrons. The Bertz CT molecular complexity index is 1870. The fraction of sp³-hybridized carbons (Fsp3) is 0.333. The van der Waals surface area contributed by atoms with Crippen LogP contribution in [0, 0.1) is 0 Å². The number of benzene rings is 1. The van der Waals surface area contributed by atoms with Crippen molar-refractivity contribution in [1.29, 1.82) is 0 Å². The van der Waals surface area contributed by atoms with Gasteiger partial charge >= 0.3 is 6.18 Å². The maximum absolute atomic E-state index is 14.5. The number of allylic oxidation sites excluding steroid dienone is 1. The molecule has 1 aromatic carbocycles. The SMILES string of the molecule is CCOc1ccc(Cl)cc1-n1c(C=C(C)C)c(C(=O)N2C[C@H]3CC[C@@H](C2)N3)cc(-c2nc(-c3ccc(C(F)(F)F)nc3)cs2)c1=O. The van der Waals surface area contributed by atoms with E-state index < -0.39 is 17.4 Å². The molecule has 13 heteroatoms. The van der Waals surface area contributed by atoms with Crippen LogP contribution in [-0.4, -0.2) is 57.1 Å². The number of aromatic nitrogens is 3. The summed E-state index contributed by atoms with van der Waals surface area (Å²) < 4.78 is 46.7. The maximum Gasteiger partial charge on any atom is 0.433 e. The number of hydrogen-bond acceptors (Lipinski definition) is 7. The Kier molecular flexibility index (Phi) is 8.79. The number of rotatable bonds is 7. The molecule has 8 nitrogen and oxygen atoms in total. The van der Waals surface area contributed by atoms with E-state index in [2.05, 4.69) is 15.3 Å². The van der Waals surface area contributed by atoms with Gasteiger partial charge < -0.3 is 15.0 Å². The Morgan fingerprint density at radius 1 is 1.15 bits per heavy atom. The monoisotopic (exact) mass is 669 g/mol. The van der Waals surface area contributed by atoms with Gasteiger partial charge in [-0.25, -0.2) is 4.98 Å². The van der Waals surface area contributed by atoms with E-state index in [0.717, 1.165) is 42.0 Å². The fourth-order valence-electron chi connectivity index (χ4n) is 5.93. The van der Waals surface area contributed by atoms with Crippen LogP contribution in [0.2, 0.25) is 5.02 Å². The van der Waals surface area contributed by atoms with E-state index in [9.17, 15) is 22.8 Å². The number of ether oxygens (including phenoxy) is 1. The van der Waals surface area contributed by atoms with Crippen molar-refractivity contribution in [3.63, 3.8) is 0 Å². The van der Waals surface area contributed by atoms with Crippen molar-refractivity contribution in [2.24, 2.45) is 0 Å². The minimum Gasteiger partial charge on any atom is -0.492 e. The van der Waals surface area contributed by atoms with Crippen LogP contribution in [0.15, 0.2) is 58.3 Å². The number of piperazine rings is 1. The number of nitrogens with zero attached hydrogens (tertiary/aromatic N) is 4. The summed E-state index contributed by atoms with van der Waals surface area (Å²) in [7, 11) is 0. The number of likely N-dealkylation sites (tertiary alicyclic amines) is 1. The molecule has 6 rings (SSSR count). The normalized spacial score (nSPS) is 17.7. The van der Waals surface area contributed by atoms with E-state index in [0.29, 0.717) is 63.7 Å². The van der Waals surface area contributed by atoms with E-state index in [-0.39, 0.29) is 23.6 Å². The number of halogens is 4. The summed E-state index contributed by atoms with van der Waals surface area (Å²) in [5, 5.41) is 5.86. The summed E-state index contributed by atoms with van der Waals surface area (Å²) in [6, 6.07) is 9.15. The molecule has 2 bridgehead atoms. The highest BCUT2D eigenvalue weighted by atomic mass is 35.5.